The van der Waals surface area contributed by atoms with Gasteiger partial charge < -0.3 is 27.4 Å². The van der Waals surface area contributed by atoms with Gasteiger partial charge in [0.05, 0.1) is 17.1 Å². The Morgan fingerprint density at radius 3 is 2.58 bits per heavy atom. The minimum Gasteiger partial charge on any atom is -0.506 e. The predicted molar refractivity (Wildman–Crippen MR) is 97.0 cm³/mol. The number of anilines is 2. The lowest BCUT2D eigenvalue weighted by Gasteiger charge is -2.18. The minimum absolute atomic E-state index is 0.00954. The predicted octanol–water partition coefficient (Wildman–Crippen LogP) is 1.13. The first kappa shape index (κ1) is 17.5. The molecule has 0 aliphatic heterocycles. The van der Waals surface area contributed by atoms with Gasteiger partial charge in [0, 0.05) is 11.8 Å². The smallest absolute Gasteiger partial charge is 0.147 e. The molecule has 128 valence electrons. The third-order valence-corrected chi connectivity index (χ3v) is 3.62. The van der Waals surface area contributed by atoms with Crippen molar-refractivity contribution in [2.45, 2.75) is 13.3 Å². The Labute approximate surface area is 140 Å². The number of hydrogen-bond donors (Lipinski definition) is 6. The summed E-state index contributed by atoms with van der Waals surface area (Å²) in [6, 6.07) is 8.41. The zero-order valence-corrected chi connectivity index (χ0v) is 13.5. The molecule has 0 spiro atoms. The molecule has 0 aliphatic carbocycles. The summed E-state index contributed by atoms with van der Waals surface area (Å²) in [5.74, 6) is 5.90. The van der Waals surface area contributed by atoms with Crippen molar-refractivity contribution in [1.29, 1.82) is 0 Å². The molecule has 7 heteroatoms. The summed E-state index contributed by atoms with van der Waals surface area (Å²) in [5, 5.41) is 21.3. The number of nitrogens with zero attached hydrogens (tertiary/aromatic N) is 1. The van der Waals surface area contributed by atoms with Gasteiger partial charge in [0.2, 0.25) is 0 Å². The van der Waals surface area contributed by atoms with E-state index in [2.05, 4.69) is 0 Å². The number of hydrogen-bond acceptors (Lipinski definition) is 7. The molecule has 0 aromatic heterocycles. The summed E-state index contributed by atoms with van der Waals surface area (Å²) >= 11 is 0. The van der Waals surface area contributed by atoms with Crippen molar-refractivity contribution in [3.63, 3.8) is 0 Å². The Morgan fingerprint density at radius 2 is 1.92 bits per heavy atom. The van der Waals surface area contributed by atoms with Crippen LogP contribution in [0, 0.1) is 6.92 Å². The van der Waals surface area contributed by atoms with Crippen molar-refractivity contribution in [1.82, 2.24) is 0 Å². The van der Waals surface area contributed by atoms with Gasteiger partial charge in [-0.3, -0.25) is 5.01 Å². The number of hydrazine groups is 1. The Hall–Kier alpha value is -2.90. The number of phenols is 2. The first-order chi connectivity index (χ1) is 11.3. The van der Waals surface area contributed by atoms with Crippen molar-refractivity contribution in [2.24, 2.45) is 17.3 Å². The van der Waals surface area contributed by atoms with Gasteiger partial charge in [-0.2, -0.15) is 0 Å². The van der Waals surface area contributed by atoms with Gasteiger partial charge in [0.15, 0.2) is 0 Å². The highest BCUT2D eigenvalue weighted by Gasteiger charge is 2.12. The van der Waals surface area contributed by atoms with E-state index < -0.39 is 0 Å². The van der Waals surface area contributed by atoms with Crippen molar-refractivity contribution in [3.8, 4) is 11.5 Å². The van der Waals surface area contributed by atoms with Crippen LogP contribution >= 0.6 is 0 Å². The summed E-state index contributed by atoms with van der Waals surface area (Å²) < 4.78 is 0. The van der Waals surface area contributed by atoms with Gasteiger partial charge in [-0.15, -0.1) is 0 Å². The maximum absolute atomic E-state index is 10.1. The number of aryl methyl sites for hydroxylation is 1. The highest BCUT2D eigenvalue weighted by molar-refractivity contribution is 5.76. The van der Waals surface area contributed by atoms with Crippen molar-refractivity contribution >= 4 is 17.1 Å². The number of rotatable bonds is 5. The van der Waals surface area contributed by atoms with E-state index >= 15 is 0 Å². The second-order valence-corrected chi connectivity index (χ2v) is 5.60. The van der Waals surface area contributed by atoms with E-state index in [-0.39, 0.29) is 22.9 Å². The van der Waals surface area contributed by atoms with Crippen LogP contribution in [0.5, 0.6) is 11.5 Å². The Bertz CT molecular complexity index is 774. The first-order valence-corrected chi connectivity index (χ1v) is 7.46. The average Bonchev–Trinajstić information content (AvgIpc) is 2.52. The van der Waals surface area contributed by atoms with Gasteiger partial charge in [-0.25, -0.2) is 5.84 Å². The van der Waals surface area contributed by atoms with Gasteiger partial charge in [-0.1, -0.05) is 6.07 Å². The fraction of sp³-hybridized carbons (Fsp3) is 0.176. The van der Waals surface area contributed by atoms with Crippen LogP contribution < -0.4 is 28.1 Å². The van der Waals surface area contributed by atoms with E-state index in [9.17, 15) is 10.2 Å². The normalized spacial score (nSPS) is 11.5. The lowest BCUT2D eigenvalue weighted by Crippen LogP contribution is -2.26. The summed E-state index contributed by atoms with van der Waals surface area (Å²) in [7, 11) is 0. The largest absolute Gasteiger partial charge is 0.506 e. The molecule has 0 saturated heterocycles. The highest BCUT2D eigenvalue weighted by Crippen LogP contribution is 2.32. The number of nitrogen functional groups attached to an aromatic ring is 1. The Balaban J connectivity index is 2.39. The fourth-order valence-corrected chi connectivity index (χ4v) is 2.41. The molecule has 0 atom stereocenters. The van der Waals surface area contributed by atoms with E-state index in [4.69, 9.17) is 23.0 Å². The molecule has 7 nitrogen and oxygen atoms in total. The van der Waals surface area contributed by atoms with Crippen LogP contribution in [0.25, 0.3) is 5.70 Å². The molecule has 0 unspecified atom stereocenters. The third-order valence-electron chi connectivity index (χ3n) is 3.62. The Morgan fingerprint density at radius 1 is 1.21 bits per heavy atom. The summed E-state index contributed by atoms with van der Waals surface area (Å²) in [6.45, 7) is 2.33. The van der Waals surface area contributed by atoms with Crippen molar-refractivity contribution < 1.29 is 10.2 Å². The van der Waals surface area contributed by atoms with Gasteiger partial charge in [0.25, 0.3) is 0 Å². The lowest BCUT2D eigenvalue weighted by atomic mass is 10.1. The monoisotopic (exact) mass is 329 g/mol. The third kappa shape index (κ3) is 3.70. The van der Waals surface area contributed by atoms with Crippen LogP contribution in [0.3, 0.4) is 0 Å². The molecule has 10 N–H and O–H groups in total. The lowest BCUT2D eigenvalue weighted by molar-refractivity contribution is 0.475. The second-order valence-electron chi connectivity index (χ2n) is 5.60. The highest BCUT2D eigenvalue weighted by atomic mass is 16.3. The topological polar surface area (TPSA) is 148 Å². The molecule has 0 amide bonds. The molecule has 0 fully saturated rings. The zero-order valence-electron chi connectivity index (χ0n) is 13.5. The van der Waals surface area contributed by atoms with Crippen molar-refractivity contribution in [3.05, 3.63) is 53.2 Å². The van der Waals surface area contributed by atoms with Crippen LogP contribution in [0.1, 0.15) is 16.7 Å². The molecule has 0 saturated carbocycles. The second kappa shape index (κ2) is 7.12. The van der Waals surface area contributed by atoms with E-state index in [0.29, 0.717) is 24.2 Å². The molecular weight excluding hydrogens is 306 g/mol. The summed E-state index contributed by atoms with van der Waals surface area (Å²) in [6.07, 6.45) is 2.07. The fourth-order valence-electron chi connectivity index (χ4n) is 2.41. The quantitative estimate of drug-likeness (QED) is 0.208. The van der Waals surface area contributed by atoms with E-state index in [1.807, 2.05) is 6.92 Å². The van der Waals surface area contributed by atoms with Crippen LogP contribution in [-0.2, 0) is 6.42 Å². The standard InChI is InChI=1S/C17H23N5O2/c1-10-6-12(17(24)13(19)7-10)14(20)9-22(21)15-8-11(4-5-18)2-3-16(15)23/h2-3,6-9,23-24H,4-5,18-21H2,1H3/b14-9-. The van der Waals surface area contributed by atoms with Crippen LogP contribution in [0.15, 0.2) is 36.5 Å². The van der Waals surface area contributed by atoms with Crippen LogP contribution in [-0.4, -0.2) is 16.8 Å². The number of phenolic OH excluding ortho intramolecular Hbond substituents is 2. The molecule has 0 bridgehead atoms. The van der Waals surface area contributed by atoms with Gasteiger partial charge in [0.1, 0.15) is 11.5 Å². The molecule has 0 heterocycles. The molecule has 24 heavy (non-hydrogen) atoms. The van der Waals surface area contributed by atoms with E-state index in [1.165, 1.54) is 11.2 Å². The first-order valence-electron chi connectivity index (χ1n) is 7.46. The van der Waals surface area contributed by atoms with Crippen molar-refractivity contribution in [2.75, 3.05) is 17.3 Å². The molecule has 2 aromatic rings. The zero-order chi connectivity index (χ0) is 17.9. The molecule has 2 rings (SSSR count). The molecular formula is C17H23N5O2. The molecule has 0 aliphatic rings. The molecule has 0 radical (unpaired) electrons. The minimum atomic E-state index is -0.108. The van der Waals surface area contributed by atoms with E-state index in [1.54, 1.807) is 30.3 Å². The SMILES string of the molecule is Cc1cc(N)c(O)c(/C(N)=C/N(N)c2cc(CCN)ccc2O)c1. The summed E-state index contributed by atoms with van der Waals surface area (Å²) in [4.78, 5) is 0. The average molecular weight is 329 g/mol. The summed E-state index contributed by atoms with van der Waals surface area (Å²) in [5.41, 5.74) is 20.3. The number of nitrogens with two attached hydrogens (primary N) is 4. The van der Waals surface area contributed by atoms with E-state index in [0.717, 1.165) is 11.1 Å². The number of aromatic hydroxyl groups is 2. The molecule has 2 aromatic carbocycles. The maximum Gasteiger partial charge on any atom is 0.147 e. The van der Waals surface area contributed by atoms with Crippen LogP contribution in [0.4, 0.5) is 11.4 Å². The Kier molecular flexibility index (Phi) is 5.18. The number of benzene rings is 2. The van der Waals surface area contributed by atoms with Crippen LogP contribution in [0.2, 0.25) is 0 Å². The van der Waals surface area contributed by atoms with Gasteiger partial charge >= 0.3 is 0 Å². The maximum atomic E-state index is 10.1. The van der Waals surface area contributed by atoms with Gasteiger partial charge in [-0.05, 0) is 55.3 Å².